The fourth-order valence-corrected chi connectivity index (χ4v) is 4.15. The highest BCUT2D eigenvalue weighted by molar-refractivity contribution is 7.19. The van der Waals surface area contributed by atoms with E-state index < -0.39 is 0 Å². The van der Waals surface area contributed by atoms with Gasteiger partial charge in [-0.2, -0.15) is 5.26 Å². The highest BCUT2D eigenvalue weighted by Crippen LogP contribution is 2.42. The van der Waals surface area contributed by atoms with Crippen molar-refractivity contribution in [3.63, 3.8) is 0 Å². The van der Waals surface area contributed by atoms with Crippen molar-refractivity contribution in [2.45, 2.75) is 57.4 Å². The van der Waals surface area contributed by atoms with Crippen LogP contribution in [0.1, 0.15) is 66.6 Å². The van der Waals surface area contributed by atoms with Gasteiger partial charge in [-0.1, -0.05) is 25.7 Å². The van der Waals surface area contributed by atoms with Crippen molar-refractivity contribution < 1.29 is 4.79 Å². The first-order valence-electron chi connectivity index (χ1n) is 7.83. The van der Waals surface area contributed by atoms with Crippen molar-refractivity contribution in [3.8, 4) is 6.07 Å². The number of hydrogen-bond acceptors (Lipinski definition) is 5. The van der Waals surface area contributed by atoms with Crippen LogP contribution in [0.2, 0.25) is 0 Å². The smallest absolute Gasteiger partial charge is 0.178 e. The summed E-state index contributed by atoms with van der Waals surface area (Å²) in [6, 6.07) is 2.58. The van der Waals surface area contributed by atoms with E-state index in [-0.39, 0.29) is 11.7 Å². The molecule has 0 amide bonds. The Morgan fingerprint density at radius 3 is 2.43 bits per heavy atom. The van der Waals surface area contributed by atoms with Gasteiger partial charge in [0.15, 0.2) is 5.78 Å². The van der Waals surface area contributed by atoms with Crippen LogP contribution in [0.3, 0.4) is 0 Å². The van der Waals surface area contributed by atoms with E-state index in [4.69, 9.17) is 5.73 Å². The maximum absolute atomic E-state index is 12.2. The summed E-state index contributed by atoms with van der Waals surface area (Å²) >= 11 is 1.38. The summed E-state index contributed by atoms with van der Waals surface area (Å²) in [5.41, 5.74) is 6.89. The van der Waals surface area contributed by atoms with Gasteiger partial charge in [-0.25, -0.2) is 0 Å². The number of nitrogens with two attached hydrogens (primary N) is 1. The molecule has 112 valence electrons. The fraction of sp³-hybridized carbons (Fsp3) is 0.625. The number of thiophene rings is 1. The topological polar surface area (TPSA) is 78.9 Å². The predicted molar refractivity (Wildman–Crippen MR) is 85.6 cm³/mol. The van der Waals surface area contributed by atoms with Gasteiger partial charge in [0.2, 0.25) is 0 Å². The number of nitriles is 1. The molecule has 0 radical (unpaired) electrons. The Morgan fingerprint density at radius 2 is 1.86 bits per heavy atom. The SMILES string of the molecule is N#Cc1c(NC2CCCCCC2)sc(C(=O)C2CC2)c1N. The van der Waals surface area contributed by atoms with Gasteiger partial charge in [-0.15, -0.1) is 11.3 Å². The molecule has 1 heterocycles. The second-order valence-corrected chi connectivity index (χ2v) is 7.15. The van der Waals surface area contributed by atoms with E-state index in [1.807, 2.05) is 0 Å². The van der Waals surface area contributed by atoms with Crippen molar-refractivity contribution >= 4 is 27.8 Å². The van der Waals surface area contributed by atoms with Crippen LogP contribution in [0, 0.1) is 17.2 Å². The molecule has 3 N–H and O–H groups in total. The van der Waals surface area contributed by atoms with E-state index in [9.17, 15) is 10.1 Å². The van der Waals surface area contributed by atoms with Gasteiger partial charge in [0.1, 0.15) is 16.6 Å². The van der Waals surface area contributed by atoms with Crippen LogP contribution in [-0.4, -0.2) is 11.8 Å². The molecule has 2 saturated carbocycles. The molecule has 2 aliphatic carbocycles. The Kier molecular flexibility index (Phi) is 4.16. The highest BCUT2D eigenvalue weighted by atomic mass is 32.1. The van der Waals surface area contributed by atoms with Gasteiger partial charge >= 0.3 is 0 Å². The molecule has 0 aromatic carbocycles. The summed E-state index contributed by atoms with van der Waals surface area (Å²) in [6.45, 7) is 0. The van der Waals surface area contributed by atoms with E-state index in [1.54, 1.807) is 0 Å². The number of nitrogen functional groups attached to an aromatic ring is 1. The minimum absolute atomic E-state index is 0.128. The van der Waals surface area contributed by atoms with Crippen LogP contribution < -0.4 is 11.1 Å². The van der Waals surface area contributed by atoms with Gasteiger partial charge in [0.05, 0.1) is 10.6 Å². The van der Waals surface area contributed by atoms with Crippen LogP contribution in [0.15, 0.2) is 0 Å². The van der Waals surface area contributed by atoms with E-state index in [1.165, 1.54) is 37.0 Å². The molecule has 0 spiro atoms. The standard InChI is InChI=1S/C16H21N3OS/c17-9-12-13(18)15(14(20)10-7-8-10)21-16(12)19-11-5-3-1-2-4-6-11/h10-11,19H,1-8,18H2. The Hall–Kier alpha value is -1.54. The lowest BCUT2D eigenvalue weighted by atomic mass is 10.1. The first-order chi connectivity index (χ1) is 10.2. The maximum atomic E-state index is 12.2. The van der Waals surface area contributed by atoms with Gasteiger partial charge in [0, 0.05) is 12.0 Å². The second-order valence-electron chi connectivity index (χ2n) is 6.13. The van der Waals surface area contributed by atoms with Crippen molar-refractivity contribution in [2.24, 2.45) is 5.92 Å². The van der Waals surface area contributed by atoms with Crippen molar-refractivity contribution in [1.29, 1.82) is 5.26 Å². The molecule has 1 aromatic heterocycles. The lowest BCUT2D eigenvalue weighted by Gasteiger charge is -2.16. The number of hydrogen-bond donors (Lipinski definition) is 2. The molecule has 21 heavy (non-hydrogen) atoms. The number of carbonyl (C=O) groups is 1. The number of carbonyl (C=O) groups excluding carboxylic acids is 1. The van der Waals surface area contributed by atoms with Crippen LogP contribution in [-0.2, 0) is 0 Å². The second kappa shape index (κ2) is 6.07. The Labute approximate surface area is 129 Å². The summed E-state index contributed by atoms with van der Waals surface area (Å²) in [4.78, 5) is 12.8. The lowest BCUT2D eigenvalue weighted by Crippen LogP contribution is -2.18. The first kappa shape index (κ1) is 14.4. The third-order valence-corrected chi connectivity index (χ3v) is 5.57. The Bertz CT molecular complexity index is 575. The van der Waals surface area contributed by atoms with Crippen LogP contribution in [0.25, 0.3) is 0 Å². The molecule has 0 aliphatic heterocycles. The van der Waals surface area contributed by atoms with Crippen LogP contribution in [0.4, 0.5) is 10.7 Å². The third kappa shape index (κ3) is 3.06. The van der Waals surface area contributed by atoms with E-state index in [0.717, 1.165) is 30.7 Å². The minimum Gasteiger partial charge on any atom is -0.396 e. The average molecular weight is 303 g/mol. The zero-order chi connectivity index (χ0) is 14.8. The average Bonchev–Trinajstić information content (AvgIpc) is 3.28. The first-order valence-corrected chi connectivity index (χ1v) is 8.65. The predicted octanol–water partition coefficient (Wildman–Crippen LogP) is 3.93. The monoisotopic (exact) mass is 303 g/mol. The van der Waals surface area contributed by atoms with Crippen molar-refractivity contribution in [1.82, 2.24) is 0 Å². The molecule has 0 saturated heterocycles. The number of nitrogens with one attached hydrogen (secondary N) is 1. The molecule has 4 nitrogen and oxygen atoms in total. The molecule has 0 unspecified atom stereocenters. The van der Waals surface area contributed by atoms with Crippen molar-refractivity contribution in [3.05, 3.63) is 10.4 Å². The molecule has 3 rings (SSSR count). The molecule has 5 heteroatoms. The molecule has 1 aromatic rings. The largest absolute Gasteiger partial charge is 0.396 e. The molecular formula is C16H21N3OS. The summed E-state index contributed by atoms with van der Waals surface area (Å²) < 4.78 is 0. The van der Waals surface area contributed by atoms with Gasteiger partial charge in [-0.05, 0) is 25.7 Å². The van der Waals surface area contributed by atoms with Crippen molar-refractivity contribution in [2.75, 3.05) is 11.1 Å². The normalized spacial score (nSPS) is 19.8. The minimum atomic E-state index is 0.128. The number of rotatable bonds is 4. The lowest BCUT2D eigenvalue weighted by molar-refractivity contribution is 0.0972. The zero-order valence-electron chi connectivity index (χ0n) is 12.2. The van der Waals surface area contributed by atoms with Crippen LogP contribution in [0.5, 0.6) is 0 Å². The fourth-order valence-electron chi connectivity index (χ4n) is 2.98. The number of ketones is 1. The summed E-state index contributed by atoms with van der Waals surface area (Å²) in [5, 5.41) is 13.6. The molecular weight excluding hydrogens is 282 g/mol. The summed E-state index contributed by atoms with van der Waals surface area (Å²) in [6.07, 6.45) is 9.24. The number of Topliss-reactive ketones (excluding diaryl/α,β-unsaturated/α-hetero) is 1. The molecule has 2 aliphatic rings. The van der Waals surface area contributed by atoms with Gasteiger partial charge in [-0.3, -0.25) is 4.79 Å². The Balaban J connectivity index is 1.82. The quantitative estimate of drug-likeness (QED) is 0.652. The Morgan fingerprint density at radius 1 is 1.19 bits per heavy atom. The number of nitrogens with zero attached hydrogens (tertiary/aromatic N) is 1. The molecule has 0 atom stereocenters. The van der Waals surface area contributed by atoms with E-state index >= 15 is 0 Å². The van der Waals surface area contributed by atoms with Crippen LogP contribution >= 0.6 is 11.3 Å². The van der Waals surface area contributed by atoms with E-state index in [2.05, 4.69) is 11.4 Å². The summed E-state index contributed by atoms with van der Waals surface area (Å²) in [7, 11) is 0. The maximum Gasteiger partial charge on any atom is 0.178 e. The van der Waals surface area contributed by atoms with E-state index in [0.29, 0.717) is 22.2 Å². The zero-order valence-corrected chi connectivity index (χ0v) is 13.0. The third-order valence-electron chi connectivity index (χ3n) is 4.42. The summed E-state index contributed by atoms with van der Waals surface area (Å²) in [5.74, 6) is 0.270. The molecule has 0 bridgehead atoms. The highest BCUT2D eigenvalue weighted by Gasteiger charge is 2.34. The van der Waals surface area contributed by atoms with Gasteiger partial charge < -0.3 is 11.1 Å². The van der Waals surface area contributed by atoms with Gasteiger partial charge in [0.25, 0.3) is 0 Å². The number of anilines is 2. The molecule has 2 fully saturated rings.